The van der Waals surface area contributed by atoms with Gasteiger partial charge < -0.3 is 9.32 Å². The molecule has 1 aromatic heterocycles. The quantitative estimate of drug-likeness (QED) is 0.165. The smallest absolute Gasteiger partial charge is 0.143 e. The van der Waals surface area contributed by atoms with Crippen LogP contribution in [0.1, 0.15) is 26.3 Å². The van der Waals surface area contributed by atoms with E-state index in [9.17, 15) is 0 Å². The second-order valence-electron chi connectivity index (χ2n) is 16.1. The Morgan fingerprint density at radius 1 is 0.411 bits per heavy atom. The van der Waals surface area contributed by atoms with Crippen LogP contribution in [-0.4, -0.2) is 0 Å². The average molecular weight is 718 g/mol. The van der Waals surface area contributed by atoms with Crippen LogP contribution in [0.15, 0.2) is 186 Å². The van der Waals surface area contributed by atoms with Crippen LogP contribution in [0.5, 0.6) is 0 Å². The van der Waals surface area contributed by atoms with Gasteiger partial charge in [0.2, 0.25) is 0 Å². The first-order valence-electron chi connectivity index (χ1n) is 19.5. The van der Waals surface area contributed by atoms with Crippen molar-refractivity contribution >= 4 is 82.1 Å². The minimum Gasteiger partial charge on any atom is -0.455 e. The van der Waals surface area contributed by atoms with Gasteiger partial charge in [-0.15, -0.1) is 0 Å². The zero-order valence-corrected chi connectivity index (χ0v) is 31.7. The van der Waals surface area contributed by atoms with Gasteiger partial charge in [-0.2, -0.15) is 0 Å². The van der Waals surface area contributed by atoms with E-state index in [0.717, 1.165) is 39.0 Å². The number of hydrogen-bond acceptors (Lipinski definition) is 2. The second-order valence-corrected chi connectivity index (χ2v) is 16.1. The summed E-state index contributed by atoms with van der Waals surface area (Å²) in [6.07, 6.45) is 0. The molecule has 2 nitrogen and oxygen atoms in total. The third kappa shape index (κ3) is 5.03. The molecular weight excluding hydrogens is 679 g/mol. The fourth-order valence-corrected chi connectivity index (χ4v) is 8.98. The van der Waals surface area contributed by atoms with Crippen LogP contribution in [0, 0.1) is 0 Å². The molecule has 0 spiro atoms. The van der Waals surface area contributed by atoms with Gasteiger partial charge in [0.05, 0.1) is 5.69 Å². The highest BCUT2D eigenvalue weighted by atomic mass is 16.3. The Balaban J connectivity index is 1.09. The van der Waals surface area contributed by atoms with Crippen LogP contribution >= 0.6 is 0 Å². The number of para-hydroxylation sites is 1. The van der Waals surface area contributed by atoms with Gasteiger partial charge in [0.25, 0.3) is 0 Å². The summed E-state index contributed by atoms with van der Waals surface area (Å²) < 4.78 is 7.03. The molecule has 0 aliphatic carbocycles. The normalized spacial score (nSPS) is 12.2. The van der Waals surface area contributed by atoms with Crippen molar-refractivity contribution in [2.45, 2.75) is 26.2 Å². The Morgan fingerprint density at radius 3 is 1.84 bits per heavy atom. The van der Waals surface area contributed by atoms with E-state index in [2.05, 4.69) is 208 Å². The van der Waals surface area contributed by atoms with Gasteiger partial charge >= 0.3 is 0 Å². The predicted octanol–water partition coefficient (Wildman–Crippen LogP) is 15.7. The lowest BCUT2D eigenvalue weighted by Gasteiger charge is -2.26. The van der Waals surface area contributed by atoms with Crippen molar-refractivity contribution in [1.29, 1.82) is 0 Å². The molecule has 0 fully saturated rings. The van der Waals surface area contributed by atoms with Crippen LogP contribution < -0.4 is 4.90 Å². The van der Waals surface area contributed by atoms with Crippen molar-refractivity contribution in [1.82, 2.24) is 0 Å². The third-order valence-electron chi connectivity index (χ3n) is 11.7. The predicted molar refractivity (Wildman–Crippen MR) is 239 cm³/mol. The maximum absolute atomic E-state index is 7.03. The van der Waals surface area contributed by atoms with E-state index in [1.807, 2.05) is 0 Å². The summed E-state index contributed by atoms with van der Waals surface area (Å²) in [7, 11) is 0. The lowest BCUT2D eigenvalue weighted by atomic mass is 9.86. The van der Waals surface area contributed by atoms with E-state index in [0.29, 0.717) is 0 Å². The summed E-state index contributed by atoms with van der Waals surface area (Å²) in [4.78, 5) is 2.35. The number of hydrogen-bond donors (Lipinski definition) is 0. The molecule has 1 heterocycles. The Labute approximate surface area is 326 Å². The van der Waals surface area contributed by atoms with Crippen LogP contribution in [0.25, 0.3) is 87.3 Å². The van der Waals surface area contributed by atoms with Crippen molar-refractivity contribution in [3.63, 3.8) is 0 Å². The Kier molecular flexibility index (Phi) is 7.15. The highest BCUT2D eigenvalue weighted by Gasteiger charge is 2.22. The molecule has 0 unspecified atom stereocenters. The van der Waals surface area contributed by atoms with Crippen molar-refractivity contribution in [2.24, 2.45) is 0 Å². The van der Waals surface area contributed by atoms with Gasteiger partial charge in [-0.1, -0.05) is 160 Å². The molecule has 0 bridgehead atoms. The lowest BCUT2D eigenvalue weighted by molar-refractivity contribution is 0.590. The number of fused-ring (bicyclic) bond motifs is 6. The highest BCUT2D eigenvalue weighted by molar-refractivity contribution is 6.38. The van der Waals surface area contributed by atoms with E-state index in [1.165, 1.54) is 70.9 Å². The topological polar surface area (TPSA) is 16.4 Å². The fraction of sp³-hybridized carbons (Fsp3) is 0.0741. The lowest BCUT2D eigenvalue weighted by Crippen LogP contribution is -2.10. The van der Waals surface area contributed by atoms with Gasteiger partial charge in [-0.3, -0.25) is 0 Å². The van der Waals surface area contributed by atoms with Crippen LogP contribution in [0.2, 0.25) is 0 Å². The van der Waals surface area contributed by atoms with Crippen molar-refractivity contribution in [3.05, 3.63) is 188 Å². The molecule has 11 aromatic rings. The first kappa shape index (κ1) is 32.5. The first-order chi connectivity index (χ1) is 27.4. The molecule has 0 atom stereocenters. The monoisotopic (exact) mass is 717 g/mol. The largest absolute Gasteiger partial charge is 0.455 e. The molecular formula is C54H39NO. The zero-order chi connectivity index (χ0) is 37.5. The maximum atomic E-state index is 7.03. The van der Waals surface area contributed by atoms with E-state index in [1.54, 1.807) is 0 Å². The van der Waals surface area contributed by atoms with Gasteiger partial charge in [0.15, 0.2) is 0 Å². The molecule has 0 aliphatic rings. The molecule has 0 aliphatic heterocycles. The molecule has 0 amide bonds. The minimum absolute atomic E-state index is 0.133. The Bertz CT molecular complexity index is 3250. The highest BCUT2D eigenvalue weighted by Crippen LogP contribution is 2.48. The van der Waals surface area contributed by atoms with Crippen LogP contribution in [-0.2, 0) is 5.41 Å². The van der Waals surface area contributed by atoms with E-state index in [-0.39, 0.29) is 5.41 Å². The Hall–Kier alpha value is -6.90. The zero-order valence-electron chi connectivity index (χ0n) is 31.7. The standard InChI is InChI=1S/C54H39NO/c1-54(2,3)39-28-26-35(27-29-39)34-22-24-37(25-23-34)47-32-38-14-9-19-45-50(38)51-43(47)18-11-20-46(51)53-52(45)44-31-30-41(33-49(44)56-53)55(40-15-5-4-6-16-40)48-21-10-13-36-12-7-8-17-42(36)48/h4-33H,1-3H3. The molecule has 0 radical (unpaired) electrons. The molecule has 56 heavy (non-hydrogen) atoms. The number of benzene rings is 10. The SMILES string of the molecule is CC(C)(C)c1ccc(-c2ccc(-c3cc4cccc5c6c7ccc(N(c8ccccc8)c8cccc9ccccc89)cc7oc6c6cccc3c6c45)cc2)cc1. The van der Waals surface area contributed by atoms with Crippen LogP contribution in [0.4, 0.5) is 17.1 Å². The summed E-state index contributed by atoms with van der Waals surface area (Å²) >= 11 is 0. The summed E-state index contributed by atoms with van der Waals surface area (Å²) in [6, 6.07) is 66.4. The molecule has 0 saturated heterocycles. The van der Waals surface area contributed by atoms with Crippen molar-refractivity contribution in [3.8, 4) is 22.3 Å². The molecule has 11 rings (SSSR count). The number of rotatable bonds is 5. The van der Waals surface area contributed by atoms with E-state index in [4.69, 9.17) is 4.42 Å². The summed E-state index contributed by atoms with van der Waals surface area (Å²) in [5.41, 5.74) is 11.5. The van der Waals surface area contributed by atoms with E-state index < -0.39 is 0 Å². The first-order valence-corrected chi connectivity index (χ1v) is 19.5. The maximum Gasteiger partial charge on any atom is 0.143 e. The van der Waals surface area contributed by atoms with Crippen molar-refractivity contribution < 1.29 is 4.42 Å². The minimum atomic E-state index is 0.133. The van der Waals surface area contributed by atoms with Crippen molar-refractivity contribution in [2.75, 3.05) is 4.90 Å². The number of nitrogens with zero attached hydrogens (tertiary/aromatic N) is 1. The fourth-order valence-electron chi connectivity index (χ4n) is 8.98. The number of anilines is 3. The molecule has 10 aromatic carbocycles. The summed E-state index contributed by atoms with van der Waals surface area (Å²) in [5.74, 6) is 0. The van der Waals surface area contributed by atoms with Crippen LogP contribution in [0.3, 0.4) is 0 Å². The molecule has 0 saturated carbocycles. The van der Waals surface area contributed by atoms with Gasteiger partial charge in [0, 0.05) is 44.4 Å². The summed E-state index contributed by atoms with van der Waals surface area (Å²) in [6.45, 7) is 6.78. The number of furan rings is 1. The van der Waals surface area contributed by atoms with Gasteiger partial charge in [-0.05, 0) is 96.6 Å². The summed E-state index contributed by atoms with van der Waals surface area (Å²) in [5, 5.41) is 12.1. The third-order valence-corrected chi connectivity index (χ3v) is 11.7. The molecule has 2 heteroatoms. The Morgan fingerprint density at radius 2 is 1.04 bits per heavy atom. The molecule has 0 N–H and O–H groups in total. The van der Waals surface area contributed by atoms with Gasteiger partial charge in [-0.25, -0.2) is 0 Å². The average Bonchev–Trinajstić information content (AvgIpc) is 3.63. The van der Waals surface area contributed by atoms with E-state index >= 15 is 0 Å². The molecule has 266 valence electrons. The second kappa shape index (κ2) is 12.3. The van der Waals surface area contributed by atoms with Gasteiger partial charge in [0.1, 0.15) is 11.2 Å².